The van der Waals surface area contributed by atoms with Crippen LogP contribution in [0.4, 0.5) is 13.2 Å². The molecule has 0 aliphatic carbocycles. The number of carbonyl (C=O) groups is 1. The molecule has 0 unspecified atom stereocenters. The second-order valence-corrected chi connectivity index (χ2v) is 11.0. The third-order valence-corrected chi connectivity index (χ3v) is 7.14. The molecular formula is C23H28F3N3O4S. The summed E-state index contributed by atoms with van der Waals surface area (Å²) in [6.45, 7) is 4.23. The van der Waals surface area contributed by atoms with Crippen LogP contribution in [0.3, 0.4) is 0 Å². The predicted molar refractivity (Wildman–Crippen MR) is 121 cm³/mol. The molecule has 2 N–H and O–H groups in total. The lowest BCUT2D eigenvalue weighted by Gasteiger charge is -2.32. The highest BCUT2D eigenvalue weighted by Gasteiger charge is 2.58. The Morgan fingerprint density at radius 2 is 1.91 bits per heavy atom. The first-order valence-electron chi connectivity index (χ1n) is 10.8. The van der Waals surface area contributed by atoms with Crippen molar-refractivity contribution in [3.8, 4) is 11.3 Å². The third-order valence-electron chi connectivity index (χ3n) is 5.76. The van der Waals surface area contributed by atoms with Crippen LogP contribution in [0.15, 0.2) is 36.4 Å². The number of rotatable bonds is 7. The maximum Gasteiger partial charge on any atom is 0.283 e. The Hall–Kier alpha value is -2.50. The van der Waals surface area contributed by atoms with E-state index in [2.05, 4.69) is 4.98 Å². The van der Waals surface area contributed by atoms with E-state index in [1.807, 2.05) is 4.72 Å². The number of nitrogens with zero attached hydrogens (tertiary/aromatic N) is 2. The average Bonchev–Trinajstić information content (AvgIpc) is 2.98. The second kappa shape index (κ2) is 9.27. The summed E-state index contributed by atoms with van der Waals surface area (Å²) in [5.41, 5.74) is -0.814. The van der Waals surface area contributed by atoms with Crippen molar-refractivity contribution in [2.45, 2.75) is 57.7 Å². The van der Waals surface area contributed by atoms with E-state index in [1.165, 1.54) is 25.1 Å². The Bertz CT molecular complexity index is 1180. The molecule has 1 fully saturated rings. The molecule has 0 spiro atoms. The highest BCUT2D eigenvalue weighted by molar-refractivity contribution is 7.89. The van der Waals surface area contributed by atoms with Gasteiger partial charge in [0.15, 0.2) is 0 Å². The summed E-state index contributed by atoms with van der Waals surface area (Å²) in [5, 5.41) is 10.2. The topological polar surface area (TPSA) is 99.6 Å². The molecule has 2 atom stereocenters. The zero-order valence-corrected chi connectivity index (χ0v) is 20.2. The van der Waals surface area contributed by atoms with Crippen molar-refractivity contribution < 1.29 is 31.5 Å². The van der Waals surface area contributed by atoms with Gasteiger partial charge < -0.3 is 10.0 Å². The Balaban J connectivity index is 2.07. The minimum atomic E-state index is -4.08. The van der Waals surface area contributed by atoms with E-state index >= 15 is 13.2 Å². The molecule has 1 saturated heterocycles. The lowest BCUT2D eigenvalue weighted by molar-refractivity contribution is -0.149. The van der Waals surface area contributed by atoms with Gasteiger partial charge in [0, 0.05) is 11.3 Å². The maximum atomic E-state index is 15.5. The van der Waals surface area contributed by atoms with Gasteiger partial charge in [-0.1, -0.05) is 18.2 Å². The second-order valence-electron chi connectivity index (χ2n) is 8.97. The standard InChI is InChI=1S/C23H28F3N3O4S/c1-5-34(32,33)28-20-18(29(13-23(20,25)26)21(30)22(3,4)31)12-15-9-7-10-16(19(15)24)17-11-6-8-14(2)27-17/h6-11,18,20,28,31H,5,12-13H2,1-4H3/t18-,20+/m0/s1. The van der Waals surface area contributed by atoms with Gasteiger partial charge in [0.2, 0.25) is 10.0 Å². The van der Waals surface area contributed by atoms with Crippen LogP contribution in [0.1, 0.15) is 32.0 Å². The highest BCUT2D eigenvalue weighted by Crippen LogP contribution is 2.37. The molecule has 3 rings (SSSR count). The minimum Gasteiger partial charge on any atom is -0.381 e. The normalized spacial score (nSPS) is 20.5. The number of pyridine rings is 1. The number of amides is 1. The number of carbonyl (C=O) groups excluding carboxylic acids is 1. The fourth-order valence-corrected chi connectivity index (χ4v) is 4.88. The molecule has 186 valence electrons. The molecule has 34 heavy (non-hydrogen) atoms. The number of likely N-dealkylation sites (tertiary alicyclic amines) is 1. The van der Waals surface area contributed by atoms with Crippen LogP contribution in [0, 0.1) is 12.7 Å². The molecule has 11 heteroatoms. The maximum absolute atomic E-state index is 15.5. The number of sulfonamides is 1. The van der Waals surface area contributed by atoms with Gasteiger partial charge in [-0.15, -0.1) is 0 Å². The van der Waals surface area contributed by atoms with E-state index in [9.17, 15) is 18.3 Å². The van der Waals surface area contributed by atoms with Gasteiger partial charge in [-0.3, -0.25) is 9.78 Å². The van der Waals surface area contributed by atoms with Gasteiger partial charge in [0.25, 0.3) is 11.8 Å². The number of aryl methyl sites for hydroxylation is 1. The van der Waals surface area contributed by atoms with Crippen LogP contribution in [-0.2, 0) is 21.2 Å². The SMILES string of the molecule is CCS(=O)(=O)N[C@@H]1[C@H](Cc2cccc(-c3cccc(C)n3)c2F)N(C(=O)C(C)(C)O)CC1(F)F. The fraction of sp³-hybridized carbons (Fsp3) is 0.478. The Morgan fingerprint density at radius 1 is 1.26 bits per heavy atom. The van der Waals surface area contributed by atoms with Gasteiger partial charge in [-0.05, 0) is 57.9 Å². The van der Waals surface area contributed by atoms with Crippen molar-refractivity contribution in [2.75, 3.05) is 12.3 Å². The molecule has 0 saturated carbocycles. The van der Waals surface area contributed by atoms with Crippen molar-refractivity contribution in [3.63, 3.8) is 0 Å². The molecule has 1 amide bonds. The average molecular weight is 500 g/mol. The molecule has 2 heterocycles. The summed E-state index contributed by atoms with van der Waals surface area (Å²) in [6.07, 6.45) is -0.403. The summed E-state index contributed by atoms with van der Waals surface area (Å²) >= 11 is 0. The zero-order chi connectivity index (χ0) is 25.5. The van der Waals surface area contributed by atoms with Crippen molar-refractivity contribution in [1.82, 2.24) is 14.6 Å². The van der Waals surface area contributed by atoms with Gasteiger partial charge in [-0.25, -0.2) is 26.3 Å². The van der Waals surface area contributed by atoms with Crippen molar-refractivity contribution in [2.24, 2.45) is 0 Å². The van der Waals surface area contributed by atoms with Gasteiger partial charge in [0.05, 0.1) is 24.0 Å². The van der Waals surface area contributed by atoms with Gasteiger partial charge in [0.1, 0.15) is 17.5 Å². The van der Waals surface area contributed by atoms with Gasteiger partial charge >= 0.3 is 0 Å². The van der Waals surface area contributed by atoms with Crippen LogP contribution >= 0.6 is 0 Å². The van der Waals surface area contributed by atoms with Crippen LogP contribution in [-0.4, -0.2) is 65.2 Å². The predicted octanol–water partition coefficient (Wildman–Crippen LogP) is 2.66. The van der Waals surface area contributed by atoms with Crippen LogP contribution in [0.5, 0.6) is 0 Å². The monoisotopic (exact) mass is 499 g/mol. The van der Waals surface area contributed by atoms with Crippen LogP contribution in [0.25, 0.3) is 11.3 Å². The highest BCUT2D eigenvalue weighted by atomic mass is 32.2. The van der Waals surface area contributed by atoms with E-state index in [-0.39, 0.29) is 11.1 Å². The largest absolute Gasteiger partial charge is 0.381 e. The number of benzene rings is 1. The lowest BCUT2D eigenvalue weighted by Crippen LogP contribution is -2.54. The Morgan fingerprint density at radius 3 is 2.50 bits per heavy atom. The molecule has 1 aromatic carbocycles. The van der Waals surface area contributed by atoms with E-state index in [4.69, 9.17) is 0 Å². The van der Waals surface area contributed by atoms with Crippen molar-refractivity contribution in [1.29, 1.82) is 0 Å². The van der Waals surface area contributed by atoms with E-state index in [1.54, 1.807) is 25.1 Å². The molecule has 2 aromatic rings. The zero-order valence-electron chi connectivity index (χ0n) is 19.3. The number of hydrogen-bond donors (Lipinski definition) is 2. The molecule has 0 radical (unpaired) electrons. The number of halogens is 3. The summed E-state index contributed by atoms with van der Waals surface area (Å²) in [4.78, 5) is 17.8. The Kier molecular flexibility index (Phi) is 7.12. The first kappa shape index (κ1) is 26.1. The number of aromatic nitrogens is 1. The third kappa shape index (κ3) is 5.42. The van der Waals surface area contributed by atoms with Crippen LogP contribution < -0.4 is 4.72 Å². The van der Waals surface area contributed by atoms with Gasteiger partial charge in [-0.2, -0.15) is 0 Å². The fourth-order valence-electron chi connectivity index (χ4n) is 4.00. The number of nitrogens with one attached hydrogen (secondary N) is 1. The van der Waals surface area contributed by atoms with Crippen molar-refractivity contribution in [3.05, 3.63) is 53.5 Å². The summed E-state index contributed by atoms with van der Waals surface area (Å²) in [6, 6.07) is 6.06. The molecule has 7 nitrogen and oxygen atoms in total. The Labute approximate surface area is 197 Å². The van der Waals surface area contributed by atoms with Crippen LogP contribution in [0.2, 0.25) is 0 Å². The van der Waals surface area contributed by atoms with E-state index in [0.717, 1.165) is 18.7 Å². The molecule has 0 bridgehead atoms. The van der Waals surface area contributed by atoms with E-state index in [0.29, 0.717) is 11.4 Å². The molecule has 1 aromatic heterocycles. The van der Waals surface area contributed by atoms with E-state index < -0.39 is 64.1 Å². The summed E-state index contributed by atoms with van der Waals surface area (Å²) in [5.74, 6) is -5.80. The number of alkyl halides is 2. The molecular weight excluding hydrogens is 471 g/mol. The molecule has 1 aliphatic heterocycles. The summed E-state index contributed by atoms with van der Waals surface area (Å²) in [7, 11) is -4.08. The summed E-state index contributed by atoms with van der Waals surface area (Å²) < 4.78 is 71.9. The first-order valence-corrected chi connectivity index (χ1v) is 12.4. The smallest absolute Gasteiger partial charge is 0.283 e. The minimum absolute atomic E-state index is 0.0118. The number of aliphatic hydroxyl groups is 1. The molecule has 1 aliphatic rings. The van der Waals surface area contributed by atoms with Crippen molar-refractivity contribution >= 4 is 15.9 Å². The quantitative estimate of drug-likeness (QED) is 0.610. The first-order chi connectivity index (χ1) is 15.7. The lowest BCUT2D eigenvalue weighted by atomic mass is 9.95. The number of hydrogen-bond acceptors (Lipinski definition) is 5.